The molecule has 3 aromatic rings. The van der Waals surface area contributed by atoms with Gasteiger partial charge in [0, 0.05) is 5.69 Å². The third kappa shape index (κ3) is 4.84. The largest absolute Gasteiger partial charge is 0.325 e. The molecule has 3 aromatic carbocycles. The van der Waals surface area contributed by atoms with Crippen LogP contribution in [0.25, 0.3) is 10.8 Å². The number of nitrogens with zero attached hydrogens (tertiary/aromatic N) is 1. The van der Waals surface area contributed by atoms with E-state index in [9.17, 15) is 10.1 Å². The van der Waals surface area contributed by atoms with Gasteiger partial charge in [-0.15, -0.1) is 0 Å². The molecule has 1 N–H and O–H groups in total. The Morgan fingerprint density at radius 2 is 1.83 bits per heavy atom. The normalized spacial score (nSPS) is 12.0. The Labute approximate surface area is 173 Å². The lowest BCUT2D eigenvalue weighted by molar-refractivity contribution is -0.117. The second-order valence-electron chi connectivity index (χ2n) is 7.97. The molecule has 0 radical (unpaired) electrons. The van der Waals surface area contributed by atoms with Crippen molar-refractivity contribution in [2.24, 2.45) is 5.92 Å². The molecule has 1 unspecified atom stereocenters. The number of fused-ring (bicyclic) bond motifs is 1. The summed E-state index contributed by atoms with van der Waals surface area (Å²) in [4.78, 5) is 13.5. The third-order valence-electron chi connectivity index (χ3n) is 5.24. The number of benzene rings is 3. The van der Waals surface area contributed by atoms with Crippen LogP contribution < -0.4 is 5.32 Å². The standard InChI is InChI=1S/C26H28N2O/c1-4-8-21-14-13-19(17-27)16-25(21)28-26(29)24(15-18(2)3)23-12-7-10-20-9-5-6-11-22(20)23/h5-7,9-14,16,18,24H,4,8,15H2,1-3H3,(H,28,29). The molecule has 0 fully saturated rings. The summed E-state index contributed by atoms with van der Waals surface area (Å²) in [5.74, 6) is 0.120. The van der Waals surface area contributed by atoms with Gasteiger partial charge in [0.15, 0.2) is 0 Å². The van der Waals surface area contributed by atoms with E-state index in [2.05, 4.69) is 56.4 Å². The minimum atomic E-state index is -0.249. The highest BCUT2D eigenvalue weighted by atomic mass is 16.1. The molecule has 0 aliphatic rings. The summed E-state index contributed by atoms with van der Waals surface area (Å²) >= 11 is 0. The molecular formula is C26H28N2O. The molecule has 0 aromatic heterocycles. The first-order valence-electron chi connectivity index (χ1n) is 10.3. The Bertz CT molecular complexity index is 1040. The Balaban J connectivity index is 2.00. The Morgan fingerprint density at radius 3 is 2.55 bits per heavy atom. The van der Waals surface area contributed by atoms with Crippen LogP contribution in [-0.2, 0) is 11.2 Å². The zero-order valence-corrected chi connectivity index (χ0v) is 17.4. The molecule has 3 heteroatoms. The lowest BCUT2D eigenvalue weighted by atomic mass is 9.86. The fraction of sp³-hybridized carbons (Fsp3) is 0.308. The van der Waals surface area contributed by atoms with Crippen LogP contribution in [0.2, 0.25) is 0 Å². The average molecular weight is 385 g/mol. The maximum absolute atomic E-state index is 13.5. The van der Waals surface area contributed by atoms with Crippen LogP contribution in [0.4, 0.5) is 5.69 Å². The predicted molar refractivity (Wildman–Crippen MR) is 120 cm³/mol. The quantitative estimate of drug-likeness (QED) is 0.510. The summed E-state index contributed by atoms with van der Waals surface area (Å²) in [6.07, 6.45) is 2.61. The van der Waals surface area contributed by atoms with E-state index in [1.54, 1.807) is 6.07 Å². The molecule has 148 valence electrons. The molecule has 3 rings (SSSR count). The predicted octanol–water partition coefficient (Wildman–Crippen LogP) is 6.43. The van der Waals surface area contributed by atoms with Gasteiger partial charge in [0.1, 0.15) is 0 Å². The van der Waals surface area contributed by atoms with Gasteiger partial charge < -0.3 is 5.32 Å². The van der Waals surface area contributed by atoms with Crippen molar-refractivity contribution >= 4 is 22.4 Å². The number of nitriles is 1. The van der Waals surface area contributed by atoms with E-state index in [0.29, 0.717) is 11.5 Å². The van der Waals surface area contributed by atoms with Crippen molar-refractivity contribution < 1.29 is 4.79 Å². The van der Waals surface area contributed by atoms with Crippen LogP contribution in [0, 0.1) is 17.2 Å². The van der Waals surface area contributed by atoms with Crippen LogP contribution >= 0.6 is 0 Å². The van der Waals surface area contributed by atoms with E-state index in [1.165, 1.54) is 0 Å². The number of hydrogen-bond donors (Lipinski definition) is 1. The minimum absolute atomic E-state index is 0.0116. The summed E-state index contributed by atoms with van der Waals surface area (Å²) < 4.78 is 0. The Hall–Kier alpha value is -3.12. The highest BCUT2D eigenvalue weighted by Crippen LogP contribution is 2.32. The monoisotopic (exact) mass is 384 g/mol. The minimum Gasteiger partial charge on any atom is -0.325 e. The summed E-state index contributed by atoms with van der Waals surface area (Å²) in [6, 6.07) is 22.1. The molecule has 0 saturated heterocycles. The number of anilines is 1. The molecule has 0 spiro atoms. The second kappa shape index (κ2) is 9.39. The zero-order chi connectivity index (χ0) is 20.8. The molecule has 0 bridgehead atoms. The van der Waals surface area contributed by atoms with Crippen molar-refractivity contribution in [1.82, 2.24) is 0 Å². The SMILES string of the molecule is CCCc1ccc(C#N)cc1NC(=O)C(CC(C)C)c1cccc2ccccc12. The molecule has 0 saturated carbocycles. The van der Waals surface area contributed by atoms with Crippen molar-refractivity contribution in [3.05, 3.63) is 77.4 Å². The first-order valence-corrected chi connectivity index (χ1v) is 10.3. The van der Waals surface area contributed by atoms with Gasteiger partial charge in [0.05, 0.1) is 17.6 Å². The van der Waals surface area contributed by atoms with Gasteiger partial charge in [-0.2, -0.15) is 5.26 Å². The van der Waals surface area contributed by atoms with E-state index in [0.717, 1.165) is 46.8 Å². The number of hydrogen-bond acceptors (Lipinski definition) is 2. The topological polar surface area (TPSA) is 52.9 Å². The number of carbonyl (C=O) groups is 1. The van der Waals surface area contributed by atoms with Gasteiger partial charge in [-0.3, -0.25) is 4.79 Å². The molecular weight excluding hydrogens is 356 g/mol. The maximum atomic E-state index is 13.5. The van der Waals surface area contributed by atoms with Crippen molar-refractivity contribution in [2.45, 2.75) is 46.0 Å². The molecule has 0 aliphatic carbocycles. The van der Waals surface area contributed by atoms with E-state index in [1.807, 2.05) is 30.3 Å². The van der Waals surface area contributed by atoms with Crippen LogP contribution in [0.3, 0.4) is 0 Å². The lowest BCUT2D eigenvalue weighted by Crippen LogP contribution is -2.23. The van der Waals surface area contributed by atoms with Crippen LogP contribution in [0.5, 0.6) is 0 Å². The van der Waals surface area contributed by atoms with Crippen molar-refractivity contribution in [1.29, 1.82) is 5.26 Å². The van der Waals surface area contributed by atoms with E-state index >= 15 is 0 Å². The third-order valence-corrected chi connectivity index (χ3v) is 5.24. The second-order valence-corrected chi connectivity index (χ2v) is 7.97. The van der Waals surface area contributed by atoms with Gasteiger partial charge in [0.25, 0.3) is 0 Å². The van der Waals surface area contributed by atoms with Crippen LogP contribution in [0.15, 0.2) is 60.7 Å². The highest BCUT2D eigenvalue weighted by Gasteiger charge is 2.24. The Morgan fingerprint density at radius 1 is 1.07 bits per heavy atom. The lowest BCUT2D eigenvalue weighted by Gasteiger charge is -2.22. The smallest absolute Gasteiger partial charge is 0.231 e. The molecule has 1 amide bonds. The van der Waals surface area contributed by atoms with Crippen molar-refractivity contribution in [2.75, 3.05) is 5.32 Å². The summed E-state index contributed by atoms with van der Waals surface area (Å²) in [6.45, 7) is 6.40. The van der Waals surface area contributed by atoms with E-state index < -0.39 is 0 Å². The molecule has 1 atom stereocenters. The maximum Gasteiger partial charge on any atom is 0.231 e. The van der Waals surface area contributed by atoms with Crippen molar-refractivity contribution in [3.63, 3.8) is 0 Å². The Kier molecular flexibility index (Phi) is 6.67. The fourth-order valence-electron chi connectivity index (χ4n) is 3.87. The summed E-state index contributed by atoms with van der Waals surface area (Å²) in [7, 11) is 0. The van der Waals surface area contributed by atoms with Gasteiger partial charge >= 0.3 is 0 Å². The van der Waals surface area contributed by atoms with Gasteiger partial charge in [-0.25, -0.2) is 0 Å². The summed E-state index contributed by atoms with van der Waals surface area (Å²) in [5, 5.41) is 14.7. The van der Waals surface area contributed by atoms with Crippen molar-refractivity contribution in [3.8, 4) is 6.07 Å². The first kappa shape index (κ1) is 20.6. The summed E-state index contributed by atoms with van der Waals surface area (Å²) in [5.41, 5.74) is 3.44. The van der Waals surface area contributed by atoms with Crippen LogP contribution in [-0.4, -0.2) is 5.91 Å². The van der Waals surface area contributed by atoms with E-state index in [-0.39, 0.29) is 11.8 Å². The van der Waals surface area contributed by atoms with Gasteiger partial charge in [-0.1, -0.05) is 75.7 Å². The van der Waals surface area contributed by atoms with E-state index in [4.69, 9.17) is 0 Å². The molecule has 0 aliphatic heterocycles. The number of carbonyl (C=O) groups excluding carboxylic acids is 1. The zero-order valence-electron chi connectivity index (χ0n) is 17.4. The number of amides is 1. The highest BCUT2D eigenvalue weighted by molar-refractivity contribution is 6.00. The molecule has 29 heavy (non-hydrogen) atoms. The van der Waals surface area contributed by atoms with Crippen LogP contribution in [0.1, 0.15) is 56.2 Å². The molecule has 0 heterocycles. The number of nitrogens with one attached hydrogen (secondary N) is 1. The molecule has 3 nitrogen and oxygen atoms in total. The average Bonchev–Trinajstić information content (AvgIpc) is 2.73. The number of aryl methyl sites for hydroxylation is 1. The van der Waals surface area contributed by atoms with Gasteiger partial charge in [0.2, 0.25) is 5.91 Å². The number of rotatable bonds is 7. The fourth-order valence-corrected chi connectivity index (χ4v) is 3.87. The first-order chi connectivity index (χ1) is 14.0. The van der Waals surface area contributed by atoms with Gasteiger partial charge in [-0.05, 0) is 52.8 Å².